The molecule has 0 aromatic carbocycles. The highest BCUT2D eigenvalue weighted by Crippen LogP contribution is 2.43. The van der Waals surface area contributed by atoms with Gasteiger partial charge in [0, 0.05) is 6.42 Å². The summed E-state index contributed by atoms with van der Waals surface area (Å²) in [6, 6.07) is -0.865. The number of nitrogens with zero attached hydrogens (tertiary/aromatic N) is 1. The number of carbonyl (C=O) groups is 1. The standard InChI is InChI=1S/C52H101N2O6P/c1-6-8-10-12-14-16-18-19-20-21-22-23-24-25-26-27-28-29-30-31-32-33-34-36-38-40-42-44-46-52(56)53-50(49-60-61(57,58)59-48-47-54(3,4)5)51(55)45-43-41-39-37-35-17-15-13-11-9-7-2/h11,13,35,37,43,45,50-51,55H,6-10,12,14-34,36,38-42,44,46-49H2,1-5H3,(H-,53,56,57,58)/p+1/b13-11+,37-35+,45-43+. The van der Waals surface area contributed by atoms with Crippen molar-refractivity contribution in [2.75, 3.05) is 40.9 Å². The van der Waals surface area contributed by atoms with Crippen molar-refractivity contribution < 1.29 is 32.9 Å². The van der Waals surface area contributed by atoms with Crippen LogP contribution >= 0.6 is 7.82 Å². The number of rotatable bonds is 47. The average molecular weight is 882 g/mol. The molecule has 61 heavy (non-hydrogen) atoms. The number of unbranched alkanes of at least 4 members (excludes halogenated alkanes) is 30. The normalized spacial score (nSPS) is 14.4. The number of amides is 1. The molecule has 360 valence electrons. The van der Waals surface area contributed by atoms with Gasteiger partial charge in [0.05, 0.1) is 39.9 Å². The van der Waals surface area contributed by atoms with Gasteiger partial charge in [-0.15, -0.1) is 0 Å². The lowest BCUT2D eigenvalue weighted by atomic mass is 10.0. The third-order valence-corrected chi connectivity index (χ3v) is 12.6. The lowest BCUT2D eigenvalue weighted by molar-refractivity contribution is -0.870. The second-order valence-electron chi connectivity index (χ2n) is 18.9. The Hall–Kier alpha value is -1.28. The first-order valence-electron chi connectivity index (χ1n) is 25.9. The Labute approximate surface area is 378 Å². The van der Waals surface area contributed by atoms with Gasteiger partial charge in [0.1, 0.15) is 13.2 Å². The minimum absolute atomic E-state index is 0.0545. The van der Waals surface area contributed by atoms with Crippen LogP contribution in [0.5, 0.6) is 0 Å². The fourth-order valence-electron chi connectivity index (χ4n) is 7.49. The van der Waals surface area contributed by atoms with E-state index in [1.807, 2.05) is 27.2 Å². The van der Waals surface area contributed by atoms with Crippen molar-refractivity contribution in [3.63, 3.8) is 0 Å². The van der Waals surface area contributed by atoms with Gasteiger partial charge in [0.25, 0.3) is 0 Å². The summed E-state index contributed by atoms with van der Waals surface area (Å²) in [5.41, 5.74) is 0. The van der Waals surface area contributed by atoms with Crippen LogP contribution in [0.1, 0.15) is 239 Å². The summed E-state index contributed by atoms with van der Waals surface area (Å²) in [5.74, 6) is -0.189. The van der Waals surface area contributed by atoms with Crippen molar-refractivity contribution in [3.05, 3.63) is 36.5 Å². The summed E-state index contributed by atoms with van der Waals surface area (Å²) in [4.78, 5) is 23.1. The van der Waals surface area contributed by atoms with Gasteiger partial charge in [0.15, 0.2) is 0 Å². The number of allylic oxidation sites excluding steroid dienone is 5. The molecule has 0 aliphatic carbocycles. The first kappa shape index (κ1) is 59.7. The van der Waals surface area contributed by atoms with E-state index in [9.17, 15) is 19.4 Å². The number of hydrogen-bond acceptors (Lipinski definition) is 5. The average Bonchev–Trinajstić information content (AvgIpc) is 3.21. The molecule has 0 heterocycles. The first-order valence-corrected chi connectivity index (χ1v) is 27.4. The number of aliphatic hydroxyl groups excluding tert-OH is 1. The van der Waals surface area contributed by atoms with E-state index in [1.54, 1.807) is 6.08 Å². The van der Waals surface area contributed by atoms with E-state index in [2.05, 4.69) is 43.5 Å². The van der Waals surface area contributed by atoms with Crippen molar-refractivity contribution in [1.82, 2.24) is 5.32 Å². The number of phosphoric acid groups is 1. The summed E-state index contributed by atoms with van der Waals surface area (Å²) in [6.07, 6.45) is 55.4. The van der Waals surface area contributed by atoms with Gasteiger partial charge in [-0.1, -0.05) is 230 Å². The van der Waals surface area contributed by atoms with Crippen LogP contribution in [0, 0.1) is 0 Å². The predicted molar refractivity (Wildman–Crippen MR) is 263 cm³/mol. The molecule has 0 saturated heterocycles. The van der Waals surface area contributed by atoms with Crippen molar-refractivity contribution >= 4 is 13.7 Å². The highest BCUT2D eigenvalue weighted by molar-refractivity contribution is 7.47. The zero-order valence-electron chi connectivity index (χ0n) is 40.9. The number of aliphatic hydroxyl groups is 1. The predicted octanol–water partition coefficient (Wildman–Crippen LogP) is 15.0. The largest absolute Gasteiger partial charge is 0.472 e. The van der Waals surface area contributed by atoms with E-state index in [0.29, 0.717) is 17.4 Å². The number of phosphoric ester groups is 1. The van der Waals surface area contributed by atoms with Crippen LogP contribution in [0.3, 0.4) is 0 Å². The molecule has 0 fully saturated rings. The van der Waals surface area contributed by atoms with Gasteiger partial charge < -0.3 is 19.8 Å². The van der Waals surface area contributed by atoms with Gasteiger partial charge in [-0.3, -0.25) is 13.8 Å². The molecule has 1 amide bonds. The molecule has 0 rings (SSSR count). The minimum atomic E-state index is -4.35. The summed E-state index contributed by atoms with van der Waals surface area (Å²) in [5, 5.41) is 13.8. The van der Waals surface area contributed by atoms with Crippen LogP contribution in [0.25, 0.3) is 0 Å². The minimum Gasteiger partial charge on any atom is -0.387 e. The van der Waals surface area contributed by atoms with Gasteiger partial charge in [-0.2, -0.15) is 0 Å². The maximum absolute atomic E-state index is 12.9. The molecule has 3 atom stereocenters. The van der Waals surface area contributed by atoms with Crippen LogP contribution in [0.15, 0.2) is 36.5 Å². The topological polar surface area (TPSA) is 105 Å². The fourth-order valence-corrected chi connectivity index (χ4v) is 8.23. The number of quaternary nitrogens is 1. The van der Waals surface area contributed by atoms with Gasteiger partial charge >= 0.3 is 7.82 Å². The molecule has 0 aliphatic rings. The molecule has 0 aromatic rings. The molecule has 0 aliphatic heterocycles. The Morgan fingerprint density at radius 2 is 0.902 bits per heavy atom. The lowest BCUT2D eigenvalue weighted by Crippen LogP contribution is -2.45. The van der Waals surface area contributed by atoms with E-state index in [0.717, 1.165) is 51.4 Å². The van der Waals surface area contributed by atoms with Crippen LogP contribution in [-0.2, 0) is 18.4 Å². The van der Waals surface area contributed by atoms with E-state index < -0.39 is 20.0 Å². The molecule has 3 N–H and O–H groups in total. The van der Waals surface area contributed by atoms with Crippen molar-refractivity contribution in [1.29, 1.82) is 0 Å². The first-order chi connectivity index (χ1) is 29.5. The van der Waals surface area contributed by atoms with Crippen molar-refractivity contribution in [2.24, 2.45) is 0 Å². The molecule has 0 bridgehead atoms. The highest BCUT2D eigenvalue weighted by Gasteiger charge is 2.27. The second-order valence-corrected chi connectivity index (χ2v) is 20.3. The molecular formula is C52H102N2O6P+. The van der Waals surface area contributed by atoms with Crippen molar-refractivity contribution in [3.8, 4) is 0 Å². The zero-order chi connectivity index (χ0) is 45.0. The Balaban J connectivity index is 4.07. The highest BCUT2D eigenvalue weighted by atomic mass is 31.2. The van der Waals surface area contributed by atoms with Gasteiger partial charge in [-0.05, 0) is 38.5 Å². The number of likely N-dealkylation sites (N-methyl/N-ethyl adjacent to an activating group) is 1. The zero-order valence-corrected chi connectivity index (χ0v) is 41.8. The third-order valence-electron chi connectivity index (χ3n) is 11.6. The quantitative estimate of drug-likeness (QED) is 0.0243. The molecule has 8 nitrogen and oxygen atoms in total. The molecule has 0 aromatic heterocycles. The Bertz CT molecular complexity index is 1090. The van der Waals surface area contributed by atoms with E-state index in [4.69, 9.17) is 9.05 Å². The molecule has 9 heteroatoms. The Kier molecular flexibility index (Phi) is 43.0. The van der Waals surface area contributed by atoms with E-state index in [1.165, 1.54) is 167 Å². The number of hydrogen-bond donors (Lipinski definition) is 3. The van der Waals surface area contributed by atoms with Gasteiger partial charge in [0.2, 0.25) is 5.91 Å². The molecule has 0 radical (unpaired) electrons. The summed E-state index contributed by atoms with van der Waals surface area (Å²) < 4.78 is 23.5. The summed E-state index contributed by atoms with van der Waals surface area (Å²) >= 11 is 0. The Morgan fingerprint density at radius 1 is 0.541 bits per heavy atom. The molecule has 3 unspecified atom stereocenters. The van der Waals surface area contributed by atoms with E-state index in [-0.39, 0.29) is 19.1 Å². The SMILES string of the molecule is CCC/C=C/CC/C=C/CC/C=C/C(O)C(COP(=O)(O)OCC[N+](C)(C)C)NC(=O)CCCCCCCCCCCCCCCCCCCCCCCCCCCCCC. The summed E-state index contributed by atoms with van der Waals surface area (Å²) in [7, 11) is 1.55. The van der Waals surface area contributed by atoms with Crippen LogP contribution in [0.2, 0.25) is 0 Å². The lowest BCUT2D eigenvalue weighted by Gasteiger charge is -2.25. The molecule has 0 spiro atoms. The second kappa shape index (κ2) is 43.9. The number of nitrogens with one attached hydrogen (secondary N) is 1. The smallest absolute Gasteiger partial charge is 0.387 e. The summed E-state index contributed by atoms with van der Waals surface area (Å²) in [6.45, 7) is 4.73. The van der Waals surface area contributed by atoms with E-state index >= 15 is 0 Å². The third kappa shape index (κ3) is 46.5. The van der Waals surface area contributed by atoms with Crippen LogP contribution in [-0.4, -0.2) is 73.4 Å². The Morgan fingerprint density at radius 3 is 1.28 bits per heavy atom. The van der Waals surface area contributed by atoms with Crippen molar-refractivity contribution in [2.45, 2.75) is 251 Å². The monoisotopic (exact) mass is 882 g/mol. The molecular weight excluding hydrogens is 780 g/mol. The van der Waals surface area contributed by atoms with Gasteiger partial charge in [-0.25, -0.2) is 4.57 Å². The maximum Gasteiger partial charge on any atom is 0.472 e. The fraction of sp³-hybridized carbons (Fsp3) is 0.865. The molecule has 0 saturated carbocycles. The van der Waals surface area contributed by atoms with Crippen LogP contribution in [0.4, 0.5) is 0 Å². The van der Waals surface area contributed by atoms with Crippen LogP contribution < -0.4 is 5.32 Å². The number of carbonyl (C=O) groups excluding carboxylic acids is 1. The maximum atomic E-state index is 12.9.